The first-order valence-corrected chi connectivity index (χ1v) is 13.5. The summed E-state index contributed by atoms with van der Waals surface area (Å²) in [5, 5.41) is 22.4. The van der Waals surface area contributed by atoms with Crippen molar-refractivity contribution in [3.8, 4) is 16.9 Å². The SMILES string of the molecule is COCC(=O)Cc1ccc(-c2ccc(O)c3c2CC2CC4C(N(C)C)C(=O)C(C(N)=O)C(=O)C4(O)C(=O)C2C3=O)cn1. The number of aliphatic hydroxyl groups is 1. The van der Waals surface area contributed by atoms with Gasteiger partial charge in [0.05, 0.1) is 23.9 Å². The molecule has 0 spiro atoms. The number of methoxy groups -OCH3 is 1. The second-order valence-electron chi connectivity index (χ2n) is 11.5. The van der Waals surface area contributed by atoms with Crippen LogP contribution in [0.4, 0.5) is 0 Å². The van der Waals surface area contributed by atoms with Gasteiger partial charge in [0.25, 0.3) is 0 Å². The third kappa shape index (κ3) is 4.37. The molecule has 0 bridgehead atoms. The van der Waals surface area contributed by atoms with Gasteiger partial charge in [0.1, 0.15) is 12.4 Å². The van der Waals surface area contributed by atoms with Crippen molar-refractivity contribution in [3.63, 3.8) is 0 Å². The molecule has 0 saturated heterocycles. The summed E-state index contributed by atoms with van der Waals surface area (Å²) < 4.78 is 4.86. The normalized spacial score (nSPS) is 28.7. The van der Waals surface area contributed by atoms with Crippen LogP contribution in [0.1, 0.15) is 28.0 Å². The molecule has 12 nitrogen and oxygen atoms in total. The van der Waals surface area contributed by atoms with Gasteiger partial charge in [-0.1, -0.05) is 12.1 Å². The second kappa shape index (κ2) is 10.6. The highest BCUT2D eigenvalue weighted by molar-refractivity contribution is 6.32. The number of carbonyl (C=O) groups excluding carboxylic acids is 6. The maximum Gasteiger partial charge on any atom is 0.235 e. The Morgan fingerprint density at radius 3 is 2.43 bits per heavy atom. The number of phenols is 1. The van der Waals surface area contributed by atoms with Crippen molar-refractivity contribution in [2.24, 2.45) is 29.4 Å². The van der Waals surface area contributed by atoms with E-state index in [-0.39, 0.29) is 43.0 Å². The third-order valence-electron chi connectivity index (χ3n) is 8.76. The number of fused-ring (bicyclic) bond motifs is 3. The average molecular weight is 578 g/mol. The lowest BCUT2D eigenvalue weighted by Gasteiger charge is -2.52. The van der Waals surface area contributed by atoms with Crippen LogP contribution in [0.3, 0.4) is 0 Å². The van der Waals surface area contributed by atoms with Gasteiger partial charge in [-0.15, -0.1) is 0 Å². The highest BCUT2D eigenvalue weighted by Gasteiger charge is 2.69. The van der Waals surface area contributed by atoms with Crippen LogP contribution in [0.15, 0.2) is 30.5 Å². The van der Waals surface area contributed by atoms with E-state index >= 15 is 0 Å². The second-order valence-corrected chi connectivity index (χ2v) is 11.5. The fraction of sp³-hybridized carbons (Fsp3) is 0.433. The van der Waals surface area contributed by atoms with E-state index < -0.39 is 64.4 Å². The molecule has 1 amide bonds. The van der Waals surface area contributed by atoms with E-state index in [1.165, 1.54) is 32.2 Å². The van der Waals surface area contributed by atoms with Crippen LogP contribution in [0.2, 0.25) is 0 Å². The summed E-state index contributed by atoms with van der Waals surface area (Å²) in [6.45, 7) is -0.0382. The van der Waals surface area contributed by atoms with Crippen molar-refractivity contribution in [1.82, 2.24) is 9.88 Å². The fourth-order valence-corrected chi connectivity index (χ4v) is 6.98. The molecule has 5 rings (SSSR count). The molecule has 6 unspecified atom stereocenters. The van der Waals surface area contributed by atoms with Crippen LogP contribution < -0.4 is 5.73 Å². The number of carbonyl (C=O) groups is 6. The lowest BCUT2D eigenvalue weighted by molar-refractivity contribution is -0.181. The minimum atomic E-state index is -2.77. The van der Waals surface area contributed by atoms with Crippen molar-refractivity contribution in [1.29, 1.82) is 0 Å². The Hall–Kier alpha value is -4.13. The van der Waals surface area contributed by atoms with Crippen molar-refractivity contribution in [3.05, 3.63) is 47.3 Å². The molecule has 2 aromatic rings. The summed E-state index contributed by atoms with van der Waals surface area (Å²) in [6.07, 6.45) is 1.72. The van der Waals surface area contributed by atoms with Gasteiger partial charge in [0, 0.05) is 30.5 Å². The number of pyridine rings is 1. The van der Waals surface area contributed by atoms with E-state index in [9.17, 15) is 39.0 Å². The zero-order valence-electron chi connectivity index (χ0n) is 23.3. The number of benzene rings is 1. The third-order valence-corrected chi connectivity index (χ3v) is 8.76. The topological polar surface area (TPSA) is 194 Å². The highest BCUT2D eigenvalue weighted by Crippen LogP contribution is 2.51. The molecule has 0 radical (unpaired) electrons. The number of nitrogens with zero attached hydrogens (tertiary/aromatic N) is 2. The van der Waals surface area contributed by atoms with Crippen molar-refractivity contribution < 1.29 is 43.7 Å². The smallest absolute Gasteiger partial charge is 0.235 e. The Kier molecular flexibility index (Phi) is 7.42. The number of ketones is 5. The Bertz CT molecular complexity index is 1530. The lowest BCUT2D eigenvalue weighted by Crippen LogP contribution is -2.74. The van der Waals surface area contributed by atoms with Gasteiger partial charge in [-0.2, -0.15) is 0 Å². The molecule has 4 N–H and O–H groups in total. The van der Waals surface area contributed by atoms with Gasteiger partial charge < -0.3 is 20.7 Å². The van der Waals surface area contributed by atoms with E-state index in [0.29, 0.717) is 22.4 Å². The molecule has 12 heteroatoms. The first-order chi connectivity index (χ1) is 19.8. The summed E-state index contributed by atoms with van der Waals surface area (Å²) in [6, 6.07) is 5.19. The highest BCUT2D eigenvalue weighted by atomic mass is 16.5. The molecule has 1 aromatic heterocycles. The van der Waals surface area contributed by atoms with E-state index in [0.717, 1.165) is 0 Å². The standard InChI is InChI=1S/C30H31N3O9/c1-33(2)24-19-9-14-8-18-17(13-4-5-15(32-11-13)10-16(34)12-42-3)6-7-20(35)22(18)25(36)21(14)27(38)30(19,41)28(39)23(26(24)37)29(31)40/h4-7,11,14,19,21,23-24,35,41H,8-10,12H2,1-3H3,(H2,31,40). The molecule has 42 heavy (non-hydrogen) atoms. The molecule has 220 valence electrons. The molecule has 0 aliphatic heterocycles. The number of aromatic nitrogens is 1. The molecule has 1 aromatic carbocycles. The lowest BCUT2D eigenvalue weighted by atomic mass is 9.52. The monoisotopic (exact) mass is 577 g/mol. The largest absolute Gasteiger partial charge is 0.507 e. The van der Waals surface area contributed by atoms with Crippen LogP contribution in [-0.4, -0.2) is 94.4 Å². The molecule has 2 saturated carbocycles. The Morgan fingerprint density at radius 1 is 1.12 bits per heavy atom. The fourth-order valence-electron chi connectivity index (χ4n) is 6.98. The van der Waals surface area contributed by atoms with Gasteiger partial charge >= 0.3 is 0 Å². The van der Waals surface area contributed by atoms with Crippen molar-refractivity contribution in [2.45, 2.75) is 30.9 Å². The number of phenolic OH excluding ortho intramolecular Hbond substituents is 1. The number of primary amides is 1. The summed E-state index contributed by atoms with van der Waals surface area (Å²) in [7, 11) is 4.49. The number of Topliss-reactive ketones (excluding diaryl/α,β-unsaturated/α-hetero) is 5. The van der Waals surface area contributed by atoms with Crippen molar-refractivity contribution >= 4 is 34.8 Å². The van der Waals surface area contributed by atoms with Gasteiger partial charge in [0.15, 0.2) is 40.4 Å². The number of hydrogen-bond acceptors (Lipinski definition) is 11. The summed E-state index contributed by atoms with van der Waals surface area (Å²) >= 11 is 0. The summed E-state index contributed by atoms with van der Waals surface area (Å²) in [4.78, 5) is 84.3. The first kappa shape index (κ1) is 29.4. The molecule has 6 atom stereocenters. The number of rotatable bonds is 7. The number of likely N-dealkylation sites (N-methyl/N-ethyl adjacent to an activating group) is 1. The molecule has 2 fully saturated rings. The molecule has 1 heterocycles. The van der Waals surface area contributed by atoms with Crippen LogP contribution in [0.5, 0.6) is 5.75 Å². The summed E-state index contributed by atoms with van der Waals surface area (Å²) in [5.74, 6) is -11.1. The number of ether oxygens (including phenoxy) is 1. The van der Waals surface area contributed by atoms with E-state index in [1.54, 1.807) is 24.4 Å². The zero-order chi connectivity index (χ0) is 30.7. The Morgan fingerprint density at radius 2 is 1.83 bits per heavy atom. The average Bonchev–Trinajstić information content (AvgIpc) is 2.91. The minimum absolute atomic E-state index is 0.0382. The first-order valence-electron chi connectivity index (χ1n) is 13.5. The van der Waals surface area contributed by atoms with Gasteiger partial charge in [0.2, 0.25) is 5.91 Å². The van der Waals surface area contributed by atoms with Crippen LogP contribution >= 0.6 is 0 Å². The van der Waals surface area contributed by atoms with Gasteiger partial charge in [-0.3, -0.25) is 38.7 Å². The van der Waals surface area contributed by atoms with Crippen LogP contribution in [0.25, 0.3) is 11.1 Å². The number of nitrogens with two attached hydrogens (primary N) is 1. The van der Waals surface area contributed by atoms with E-state index in [1.807, 2.05) is 0 Å². The molecular weight excluding hydrogens is 546 g/mol. The molecular formula is C30H31N3O9. The zero-order valence-corrected chi connectivity index (χ0v) is 23.3. The summed E-state index contributed by atoms with van der Waals surface area (Å²) in [5.41, 5.74) is 4.66. The van der Waals surface area contributed by atoms with Crippen molar-refractivity contribution in [2.75, 3.05) is 27.8 Å². The predicted octanol–water partition coefficient (Wildman–Crippen LogP) is -0.313. The predicted molar refractivity (Wildman–Crippen MR) is 145 cm³/mol. The van der Waals surface area contributed by atoms with E-state index in [4.69, 9.17) is 10.5 Å². The van der Waals surface area contributed by atoms with Crippen LogP contribution in [0, 0.1) is 23.7 Å². The van der Waals surface area contributed by atoms with Gasteiger partial charge in [-0.05, 0) is 56.1 Å². The maximum atomic E-state index is 13.9. The van der Waals surface area contributed by atoms with E-state index in [2.05, 4.69) is 4.98 Å². The van der Waals surface area contributed by atoms with Crippen LogP contribution in [-0.2, 0) is 41.6 Å². The Labute approximate surface area is 240 Å². The Balaban J connectivity index is 1.56. The number of aromatic hydroxyl groups is 1. The van der Waals surface area contributed by atoms with Gasteiger partial charge in [-0.25, -0.2) is 0 Å². The molecule has 3 aliphatic carbocycles. The minimum Gasteiger partial charge on any atom is -0.507 e. The number of amides is 1. The molecule has 3 aliphatic rings. The quantitative estimate of drug-likeness (QED) is 0.365. The number of hydrogen-bond donors (Lipinski definition) is 3. The maximum absolute atomic E-state index is 13.9.